The zero-order valence-corrected chi connectivity index (χ0v) is 15.0. The van der Waals surface area contributed by atoms with Crippen molar-refractivity contribution in [2.24, 2.45) is 5.10 Å². The van der Waals surface area contributed by atoms with Crippen LogP contribution >= 0.6 is 22.9 Å². The molecule has 0 amide bonds. The van der Waals surface area contributed by atoms with Crippen molar-refractivity contribution in [2.75, 3.05) is 5.43 Å². The number of hydrogen-bond acceptors (Lipinski definition) is 5. The van der Waals surface area contributed by atoms with Crippen LogP contribution in [0.3, 0.4) is 0 Å². The molecule has 0 spiro atoms. The van der Waals surface area contributed by atoms with Crippen LogP contribution in [0.25, 0.3) is 11.0 Å². The molecule has 3 aromatic rings. The summed E-state index contributed by atoms with van der Waals surface area (Å²) >= 11 is 7.54. The number of nitrogens with zero attached hydrogens (tertiary/aromatic N) is 2. The summed E-state index contributed by atoms with van der Waals surface area (Å²) in [7, 11) is 0. The Morgan fingerprint density at radius 2 is 2.09 bits per heavy atom. The van der Waals surface area contributed by atoms with E-state index in [9.17, 15) is 0 Å². The van der Waals surface area contributed by atoms with Gasteiger partial charge in [0.1, 0.15) is 11.3 Å². The fourth-order valence-corrected chi connectivity index (χ4v) is 3.11. The Balaban J connectivity index is 1.79. The highest BCUT2D eigenvalue weighted by molar-refractivity contribution is 7.13. The monoisotopic (exact) mass is 347 g/mol. The molecule has 1 aromatic carbocycles. The fourth-order valence-electron chi connectivity index (χ4n) is 2.05. The predicted octanol–water partition coefficient (Wildman–Crippen LogP) is 5.68. The van der Waals surface area contributed by atoms with Crippen LogP contribution in [0, 0.1) is 0 Å². The first-order chi connectivity index (χ1) is 10.8. The Bertz CT molecular complexity index is 873. The van der Waals surface area contributed by atoms with Gasteiger partial charge in [0.2, 0.25) is 5.13 Å². The summed E-state index contributed by atoms with van der Waals surface area (Å²) in [4.78, 5) is 4.55. The number of rotatable bonds is 3. The molecule has 6 heteroatoms. The average Bonchev–Trinajstić information content (AvgIpc) is 3.10. The number of hydrogen-bond donors (Lipinski definition) is 1. The van der Waals surface area contributed by atoms with Gasteiger partial charge in [-0.1, -0.05) is 32.4 Å². The summed E-state index contributed by atoms with van der Waals surface area (Å²) in [6, 6.07) is 7.48. The molecule has 2 aromatic heterocycles. The highest BCUT2D eigenvalue weighted by atomic mass is 35.5. The van der Waals surface area contributed by atoms with Crippen molar-refractivity contribution in [1.82, 2.24) is 4.98 Å². The topological polar surface area (TPSA) is 50.4 Å². The molecule has 3 rings (SSSR count). The van der Waals surface area contributed by atoms with E-state index in [1.54, 1.807) is 11.3 Å². The molecular weight excluding hydrogens is 330 g/mol. The standard InChI is InChI=1S/C17H18ClN3OS/c1-10(14-8-11-7-12(18)5-6-13(11)22-14)20-21-16-19-15(9-23-16)17(2,3)4/h5-9H,1-4H3,(H,19,21)/b20-10+. The van der Waals surface area contributed by atoms with Gasteiger partial charge in [0.05, 0.1) is 5.69 Å². The highest BCUT2D eigenvalue weighted by Gasteiger charge is 2.17. The third-order valence-electron chi connectivity index (χ3n) is 3.43. The van der Waals surface area contributed by atoms with E-state index >= 15 is 0 Å². The smallest absolute Gasteiger partial charge is 0.203 e. The number of furan rings is 1. The zero-order valence-electron chi connectivity index (χ0n) is 13.5. The molecular formula is C17H18ClN3OS. The molecule has 23 heavy (non-hydrogen) atoms. The molecule has 0 radical (unpaired) electrons. The number of hydrazone groups is 1. The molecule has 0 unspecified atom stereocenters. The Morgan fingerprint density at radius 1 is 1.30 bits per heavy atom. The van der Waals surface area contributed by atoms with E-state index in [4.69, 9.17) is 16.0 Å². The summed E-state index contributed by atoms with van der Waals surface area (Å²) in [5.74, 6) is 0.711. The summed E-state index contributed by atoms with van der Waals surface area (Å²) in [6.07, 6.45) is 0. The van der Waals surface area contributed by atoms with Gasteiger partial charge in [-0.2, -0.15) is 5.10 Å². The van der Waals surface area contributed by atoms with Crippen molar-refractivity contribution < 1.29 is 4.42 Å². The first-order valence-electron chi connectivity index (χ1n) is 7.29. The summed E-state index contributed by atoms with van der Waals surface area (Å²) in [6.45, 7) is 8.31. The van der Waals surface area contributed by atoms with E-state index < -0.39 is 0 Å². The van der Waals surface area contributed by atoms with Crippen molar-refractivity contribution in [1.29, 1.82) is 0 Å². The molecule has 0 bridgehead atoms. The molecule has 2 heterocycles. The second kappa shape index (κ2) is 5.98. The Hall–Kier alpha value is -1.85. The van der Waals surface area contributed by atoms with Crippen LogP contribution in [-0.4, -0.2) is 10.7 Å². The number of nitrogens with one attached hydrogen (secondary N) is 1. The highest BCUT2D eigenvalue weighted by Crippen LogP contribution is 2.27. The maximum absolute atomic E-state index is 6.00. The van der Waals surface area contributed by atoms with E-state index in [1.807, 2.05) is 31.2 Å². The molecule has 0 saturated heterocycles. The van der Waals surface area contributed by atoms with E-state index in [2.05, 4.69) is 41.7 Å². The summed E-state index contributed by atoms with van der Waals surface area (Å²) in [5, 5.41) is 8.84. The normalized spacial score (nSPS) is 12.8. The molecule has 0 aliphatic rings. The summed E-state index contributed by atoms with van der Waals surface area (Å²) < 4.78 is 5.79. The first kappa shape index (κ1) is 16.0. The van der Waals surface area contributed by atoms with Gasteiger partial charge < -0.3 is 4.42 Å². The van der Waals surface area contributed by atoms with Crippen LogP contribution in [0.5, 0.6) is 0 Å². The number of thiazole rings is 1. The molecule has 1 N–H and O–H groups in total. The minimum Gasteiger partial charge on any atom is -0.455 e. The Labute approximate surface area is 144 Å². The van der Waals surface area contributed by atoms with Crippen molar-refractivity contribution >= 4 is 44.8 Å². The number of fused-ring (bicyclic) bond motifs is 1. The van der Waals surface area contributed by atoms with Crippen LogP contribution < -0.4 is 5.43 Å². The second-order valence-electron chi connectivity index (χ2n) is 6.39. The largest absolute Gasteiger partial charge is 0.455 e. The van der Waals surface area contributed by atoms with Gasteiger partial charge >= 0.3 is 0 Å². The molecule has 4 nitrogen and oxygen atoms in total. The quantitative estimate of drug-likeness (QED) is 0.490. The second-order valence-corrected chi connectivity index (χ2v) is 7.68. The lowest BCUT2D eigenvalue weighted by Crippen LogP contribution is -2.11. The first-order valence-corrected chi connectivity index (χ1v) is 8.54. The van der Waals surface area contributed by atoms with Gasteiger partial charge in [0.15, 0.2) is 5.76 Å². The van der Waals surface area contributed by atoms with Crippen LogP contribution in [-0.2, 0) is 5.41 Å². The molecule has 0 fully saturated rings. The Morgan fingerprint density at radius 3 is 2.78 bits per heavy atom. The van der Waals surface area contributed by atoms with E-state index in [1.165, 1.54) is 0 Å². The zero-order chi connectivity index (χ0) is 16.6. The lowest BCUT2D eigenvalue weighted by molar-refractivity contribution is 0.573. The third kappa shape index (κ3) is 3.57. The van der Waals surface area contributed by atoms with Crippen LogP contribution in [0.15, 0.2) is 39.2 Å². The third-order valence-corrected chi connectivity index (χ3v) is 4.41. The van der Waals surface area contributed by atoms with Crippen molar-refractivity contribution in [3.05, 3.63) is 46.1 Å². The molecule has 0 atom stereocenters. The van der Waals surface area contributed by atoms with Crippen molar-refractivity contribution in [3.63, 3.8) is 0 Å². The minimum atomic E-state index is 0.0349. The number of anilines is 1. The van der Waals surface area contributed by atoms with Gasteiger partial charge in [-0.25, -0.2) is 4.98 Å². The minimum absolute atomic E-state index is 0.0349. The van der Waals surface area contributed by atoms with Gasteiger partial charge in [-0.15, -0.1) is 11.3 Å². The maximum Gasteiger partial charge on any atom is 0.203 e. The molecule has 0 saturated carbocycles. The number of aromatic nitrogens is 1. The van der Waals surface area contributed by atoms with Gasteiger partial charge in [-0.3, -0.25) is 5.43 Å². The predicted molar refractivity (Wildman–Crippen MR) is 97.9 cm³/mol. The van der Waals surface area contributed by atoms with Gasteiger partial charge in [0, 0.05) is 21.2 Å². The number of halogens is 1. The molecule has 120 valence electrons. The van der Waals surface area contributed by atoms with Gasteiger partial charge in [-0.05, 0) is 31.2 Å². The van der Waals surface area contributed by atoms with E-state index in [0.29, 0.717) is 10.8 Å². The average molecular weight is 348 g/mol. The van der Waals surface area contributed by atoms with Crippen molar-refractivity contribution in [2.45, 2.75) is 33.1 Å². The SMILES string of the molecule is C/C(=N\Nc1nc(C(C)(C)C)cs1)c1cc2cc(Cl)ccc2o1. The summed E-state index contributed by atoms with van der Waals surface area (Å²) in [5.41, 5.74) is 5.64. The lowest BCUT2D eigenvalue weighted by Gasteiger charge is -2.13. The van der Waals surface area contributed by atoms with Crippen LogP contribution in [0.2, 0.25) is 5.02 Å². The molecule has 0 aliphatic carbocycles. The van der Waals surface area contributed by atoms with Crippen molar-refractivity contribution in [3.8, 4) is 0 Å². The van der Waals surface area contributed by atoms with E-state index in [0.717, 1.165) is 27.5 Å². The molecule has 0 aliphatic heterocycles. The van der Waals surface area contributed by atoms with Crippen LogP contribution in [0.4, 0.5) is 5.13 Å². The van der Waals surface area contributed by atoms with Gasteiger partial charge in [0.25, 0.3) is 0 Å². The maximum atomic E-state index is 6.00. The van der Waals surface area contributed by atoms with Crippen LogP contribution in [0.1, 0.15) is 39.1 Å². The van der Waals surface area contributed by atoms with E-state index in [-0.39, 0.29) is 5.41 Å². The lowest BCUT2D eigenvalue weighted by atomic mass is 9.93. The number of benzene rings is 1. The Kier molecular flexibility index (Phi) is 4.17. The fraction of sp³-hybridized carbons (Fsp3) is 0.294.